The quantitative estimate of drug-likeness (QED) is 0.766. The topological polar surface area (TPSA) is 46.9 Å². The molecular weight excluding hydrogens is 302 g/mol. The number of thiophene rings is 1. The van der Waals surface area contributed by atoms with Gasteiger partial charge >= 0.3 is 0 Å². The molecule has 0 unspecified atom stereocenters. The van der Waals surface area contributed by atoms with E-state index in [0.29, 0.717) is 10.8 Å². The van der Waals surface area contributed by atoms with Crippen LogP contribution in [0.4, 0.5) is 5.13 Å². The molecule has 3 aromatic heterocycles. The largest absolute Gasteiger partial charge is 0.333 e. The van der Waals surface area contributed by atoms with Crippen LogP contribution in [-0.4, -0.2) is 15.5 Å². The number of aromatic nitrogens is 2. The second kappa shape index (κ2) is 5.27. The van der Waals surface area contributed by atoms with Crippen molar-refractivity contribution in [3.05, 3.63) is 33.8 Å². The molecule has 1 amide bonds. The van der Waals surface area contributed by atoms with Crippen molar-refractivity contribution in [2.24, 2.45) is 0 Å². The number of carbonyl (C=O) groups is 1. The van der Waals surface area contributed by atoms with Crippen molar-refractivity contribution in [1.29, 1.82) is 0 Å². The van der Waals surface area contributed by atoms with E-state index in [2.05, 4.69) is 40.2 Å². The lowest BCUT2D eigenvalue weighted by molar-refractivity contribution is 0.101. The van der Waals surface area contributed by atoms with Crippen molar-refractivity contribution < 1.29 is 4.79 Å². The van der Waals surface area contributed by atoms with Gasteiger partial charge in [0, 0.05) is 10.9 Å². The molecule has 0 saturated carbocycles. The molecule has 0 radical (unpaired) electrons. The Balaban J connectivity index is 1.97. The second-order valence-electron chi connectivity index (χ2n) is 5.28. The van der Waals surface area contributed by atoms with E-state index in [1.807, 2.05) is 19.9 Å². The van der Waals surface area contributed by atoms with Crippen LogP contribution in [0.2, 0.25) is 0 Å². The van der Waals surface area contributed by atoms with Gasteiger partial charge < -0.3 is 4.57 Å². The van der Waals surface area contributed by atoms with Gasteiger partial charge in [-0.1, -0.05) is 0 Å². The van der Waals surface area contributed by atoms with E-state index in [0.717, 1.165) is 20.8 Å². The zero-order chi connectivity index (χ0) is 15.1. The standard InChI is InChI=1S/C15H17N3OS2/c1-8(2)18-11-5-6-20-13(11)7-12(18)14(19)17-15-16-9(3)10(4)21-15/h5-8H,1-4H3,(H,16,17,19). The first-order chi connectivity index (χ1) is 9.97. The molecule has 0 saturated heterocycles. The Bertz CT molecular complexity index is 791. The fourth-order valence-corrected chi connectivity index (χ4v) is 3.98. The molecule has 4 nitrogen and oxygen atoms in total. The maximum absolute atomic E-state index is 12.6. The summed E-state index contributed by atoms with van der Waals surface area (Å²) in [7, 11) is 0. The number of aryl methyl sites for hydroxylation is 2. The van der Waals surface area contributed by atoms with Crippen LogP contribution >= 0.6 is 22.7 Å². The van der Waals surface area contributed by atoms with Gasteiger partial charge in [0.25, 0.3) is 5.91 Å². The minimum Gasteiger partial charge on any atom is -0.333 e. The fraction of sp³-hybridized carbons (Fsp3) is 0.333. The summed E-state index contributed by atoms with van der Waals surface area (Å²) in [5.74, 6) is -0.0964. The van der Waals surface area contributed by atoms with Crippen LogP contribution in [0.5, 0.6) is 0 Å². The predicted octanol–water partition coefficient (Wildman–Crippen LogP) is 4.61. The SMILES string of the molecule is Cc1nc(NC(=O)c2cc3sccc3n2C(C)C)sc1C. The number of rotatable bonds is 3. The molecule has 3 aromatic rings. The van der Waals surface area contributed by atoms with E-state index < -0.39 is 0 Å². The number of fused-ring (bicyclic) bond motifs is 1. The van der Waals surface area contributed by atoms with Crippen molar-refractivity contribution in [2.45, 2.75) is 33.7 Å². The van der Waals surface area contributed by atoms with Crippen molar-refractivity contribution >= 4 is 43.9 Å². The number of nitrogens with zero attached hydrogens (tertiary/aromatic N) is 2. The molecule has 3 rings (SSSR count). The van der Waals surface area contributed by atoms with Crippen LogP contribution in [0.3, 0.4) is 0 Å². The van der Waals surface area contributed by atoms with Crippen LogP contribution in [-0.2, 0) is 0 Å². The first-order valence-electron chi connectivity index (χ1n) is 6.81. The van der Waals surface area contributed by atoms with Gasteiger partial charge in [0.2, 0.25) is 0 Å². The average molecular weight is 319 g/mol. The molecule has 110 valence electrons. The van der Waals surface area contributed by atoms with E-state index in [-0.39, 0.29) is 11.9 Å². The summed E-state index contributed by atoms with van der Waals surface area (Å²) in [6.45, 7) is 8.14. The molecule has 0 aliphatic heterocycles. The number of nitrogens with one attached hydrogen (secondary N) is 1. The highest BCUT2D eigenvalue weighted by Crippen LogP contribution is 2.29. The summed E-state index contributed by atoms with van der Waals surface area (Å²) in [5.41, 5.74) is 2.78. The highest BCUT2D eigenvalue weighted by Gasteiger charge is 2.19. The van der Waals surface area contributed by atoms with E-state index in [4.69, 9.17) is 0 Å². The van der Waals surface area contributed by atoms with Crippen LogP contribution in [0.1, 0.15) is 40.9 Å². The predicted molar refractivity (Wildman–Crippen MR) is 89.7 cm³/mol. The molecule has 0 atom stereocenters. The average Bonchev–Trinajstić information content (AvgIpc) is 3.03. The Hall–Kier alpha value is -1.66. The van der Waals surface area contributed by atoms with Crippen molar-refractivity contribution in [3.63, 3.8) is 0 Å². The first kappa shape index (κ1) is 14.3. The van der Waals surface area contributed by atoms with Crippen LogP contribution in [0, 0.1) is 13.8 Å². The van der Waals surface area contributed by atoms with Gasteiger partial charge in [-0.2, -0.15) is 0 Å². The molecule has 21 heavy (non-hydrogen) atoms. The summed E-state index contributed by atoms with van der Waals surface area (Å²) in [6.07, 6.45) is 0. The van der Waals surface area contributed by atoms with Gasteiger partial charge in [-0.3, -0.25) is 10.1 Å². The van der Waals surface area contributed by atoms with Gasteiger partial charge in [0.15, 0.2) is 5.13 Å². The molecule has 1 N–H and O–H groups in total. The molecular formula is C15H17N3OS2. The molecule has 0 spiro atoms. The van der Waals surface area contributed by atoms with Gasteiger partial charge in [-0.25, -0.2) is 4.98 Å². The lowest BCUT2D eigenvalue weighted by Gasteiger charge is -2.13. The summed E-state index contributed by atoms with van der Waals surface area (Å²) >= 11 is 3.17. The Kier molecular flexibility index (Phi) is 3.59. The molecule has 0 bridgehead atoms. The van der Waals surface area contributed by atoms with Crippen LogP contribution < -0.4 is 5.32 Å². The van der Waals surface area contributed by atoms with Gasteiger partial charge in [0.1, 0.15) is 5.69 Å². The van der Waals surface area contributed by atoms with Crippen molar-refractivity contribution in [1.82, 2.24) is 9.55 Å². The number of carbonyl (C=O) groups excluding carboxylic acids is 1. The molecule has 6 heteroatoms. The van der Waals surface area contributed by atoms with E-state index in [9.17, 15) is 4.79 Å². The summed E-state index contributed by atoms with van der Waals surface area (Å²) < 4.78 is 3.22. The van der Waals surface area contributed by atoms with Gasteiger partial charge in [-0.05, 0) is 45.2 Å². The lowest BCUT2D eigenvalue weighted by atomic mass is 10.3. The smallest absolute Gasteiger partial charge is 0.274 e. The monoisotopic (exact) mass is 319 g/mol. The molecule has 0 aromatic carbocycles. The number of hydrogen-bond acceptors (Lipinski definition) is 4. The van der Waals surface area contributed by atoms with E-state index in [1.165, 1.54) is 11.3 Å². The normalized spacial score (nSPS) is 11.5. The van der Waals surface area contributed by atoms with Gasteiger partial charge in [0.05, 0.1) is 15.9 Å². The van der Waals surface area contributed by atoms with Crippen LogP contribution in [0.15, 0.2) is 17.5 Å². The number of thiazole rings is 1. The van der Waals surface area contributed by atoms with E-state index >= 15 is 0 Å². The third-order valence-corrected chi connectivity index (χ3v) is 5.30. The highest BCUT2D eigenvalue weighted by molar-refractivity contribution is 7.17. The number of amides is 1. The maximum atomic E-state index is 12.6. The Morgan fingerprint density at radius 2 is 2.14 bits per heavy atom. The molecule has 0 aliphatic rings. The van der Waals surface area contributed by atoms with Crippen molar-refractivity contribution in [2.75, 3.05) is 5.32 Å². The lowest BCUT2D eigenvalue weighted by Crippen LogP contribution is -2.18. The number of anilines is 1. The third kappa shape index (κ3) is 2.49. The minimum atomic E-state index is -0.0964. The first-order valence-corrected chi connectivity index (χ1v) is 8.51. The van der Waals surface area contributed by atoms with Gasteiger partial charge in [-0.15, -0.1) is 22.7 Å². The second-order valence-corrected chi connectivity index (χ2v) is 7.43. The summed E-state index contributed by atoms with van der Waals surface area (Å²) in [5, 5.41) is 5.63. The summed E-state index contributed by atoms with van der Waals surface area (Å²) in [6, 6.07) is 4.26. The van der Waals surface area contributed by atoms with Crippen LogP contribution in [0.25, 0.3) is 10.2 Å². The molecule has 0 aliphatic carbocycles. The minimum absolute atomic E-state index is 0.0964. The Morgan fingerprint density at radius 1 is 1.38 bits per heavy atom. The zero-order valence-electron chi connectivity index (χ0n) is 12.4. The Morgan fingerprint density at radius 3 is 2.76 bits per heavy atom. The highest BCUT2D eigenvalue weighted by atomic mass is 32.1. The fourth-order valence-electron chi connectivity index (χ4n) is 2.36. The summed E-state index contributed by atoms with van der Waals surface area (Å²) in [4.78, 5) is 18.1. The molecule has 3 heterocycles. The number of hydrogen-bond donors (Lipinski definition) is 1. The third-order valence-electron chi connectivity index (χ3n) is 3.46. The molecule has 0 fully saturated rings. The van der Waals surface area contributed by atoms with E-state index in [1.54, 1.807) is 11.3 Å². The van der Waals surface area contributed by atoms with Crippen molar-refractivity contribution in [3.8, 4) is 0 Å². The zero-order valence-corrected chi connectivity index (χ0v) is 14.1. The maximum Gasteiger partial charge on any atom is 0.274 e. The Labute approximate surface area is 131 Å².